The molecule has 3 heterocycles. The minimum atomic E-state index is -4.66. The predicted molar refractivity (Wildman–Crippen MR) is 148 cm³/mol. The summed E-state index contributed by atoms with van der Waals surface area (Å²) in [7, 11) is -4.66. The second-order valence-electron chi connectivity index (χ2n) is 9.82. The molecule has 0 radical (unpaired) electrons. The van der Waals surface area contributed by atoms with Crippen molar-refractivity contribution in [2.75, 3.05) is 18.5 Å². The molecule has 226 valence electrons. The first-order chi connectivity index (χ1) is 20.5. The van der Waals surface area contributed by atoms with Crippen molar-refractivity contribution in [1.29, 1.82) is 0 Å². The molecule has 1 aromatic carbocycles. The van der Waals surface area contributed by atoms with E-state index in [2.05, 4.69) is 21.8 Å². The Hall–Kier alpha value is -3.76. The number of rotatable bonds is 10. The molecular formula is C27H31F2N4O8P. The van der Waals surface area contributed by atoms with Gasteiger partial charge in [-0.3, -0.25) is 23.7 Å². The Morgan fingerprint density at radius 2 is 2.07 bits per heavy atom. The topological polar surface area (TPSA) is 168 Å². The van der Waals surface area contributed by atoms with E-state index in [0.29, 0.717) is 10.8 Å². The number of fused-ring (bicyclic) bond motifs is 1. The number of aromatic nitrogens is 3. The number of alkyl halides is 1. The maximum atomic E-state index is 16.6. The number of para-hydroxylation sites is 1. The second-order valence-corrected chi connectivity index (χ2v) is 11.8. The lowest BCUT2D eigenvalue weighted by atomic mass is 9.96. The number of hydrogen-bond acceptors (Lipinski definition) is 10. The molecule has 6 atom stereocenters. The summed E-state index contributed by atoms with van der Waals surface area (Å²) in [6, 6.07) is 7.56. The Balaban J connectivity index is 1.74. The van der Waals surface area contributed by atoms with Crippen molar-refractivity contribution in [2.45, 2.75) is 57.9 Å². The van der Waals surface area contributed by atoms with Gasteiger partial charge in [0.05, 0.1) is 27.5 Å². The molecule has 0 amide bonds. The van der Waals surface area contributed by atoms with Gasteiger partial charge >= 0.3 is 13.6 Å². The van der Waals surface area contributed by atoms with Crippen LogP contribution in [0.4, 0.5) is 14.7 Å². The van der Waals surface area contributed by atoms with Crippen LogP contribution < -0.4 is 15.8 Å². The van der Waals surface area contributed by atoms with Crippen molar-refractivity contribution in [1.82, 2.24) is 14.5 Å². The summed E-state index contributed by atoms with van der Waals surface area (Å²) >= 11 is 0. The first-order valence-electron chi connectivity index (χ1n) is 13.8. The van der Waals surface area contributed by atoms with Gasteiger partial charge in [0.25, 0.3) is 5.56 Å². The number of benzene rings is 1. The number of aromatic amines is 1. The Bertz CT molecular complexity index is 1710. The van der Waals surface area contributed by atoms with E-state index in [1.807, 2.05) is 0 Å². The van der Waals surface area contributed by atoms with E-state index in [4.69, 9.17) is 27.0 Å². The van der Waals surface area contributed by atoms with Gasteiger partial charge in [0.2, 0.25) is 11.6 Å². The number of ether oxygens (including phenoxy) is 2. The number of carbonyl (C=O) groups is 1. The van der Waals surface area contributed by atoms with Crippen LogP contribution in [0.3, 0.4) is 0 Å². The third kappa shape index (κ3) is 6.34. The van der Waals surface area contributed by atoms with Crippen LogP contribution in [0.15, 0.2) is 41.3 Å². The summed E-state index contributed by atoms with van der Waals surface area (Å²) in [5.74, 6) is 0.969. The highest BCUT2D eigenvalue weighted by Crippen LogP contribution is 2.51. The molecule has 1 unspecified atom stereocenters. The second kappa shape index (κ2) is 12.2. The summed E-state index contributed by atoms with van der Waals surface area (Å²) in [5, 5.41) is 10.5. The van der Waals surface area contributed by atoms with E-state index in [-0.39, 0.29) is 5.75 Å². The van der Waals surface area contributed by atoms with Gasteiger partial charge in [-0.2, -0.15) is 4.98 Å². The van der Waals surface area contributed by atoms with E-state index < -0.39 is 90.8 Å². The molecule has 4 rings (SSSR count). The summed E-state index contributed by atoms with van der Waals surface area (Å²) in [6.07, 6.45) is -7.29. The number of H-pyrrole nitrogens is 1. The van der Waals surface area contributed by atoms with Crippen molar-refractivity contribution < 1.29 is 44.5 Å². The summed E-state index contributed by atoms with van der Waals surface area (Å²) in [5.41, 5.74) is 1.01. The summed E-state index contributed by atoms with van der Waals surface area (Å²) < 4.78 is 85.2. The van der Waals surface area contributed by atoms with Gasteiger partial charge in [0.15, 0.2) is 17.7 Å². The lowest BCUT2D eigenvalue weighted by Crippen LogP contribution is -2.42. The van der Waals surface area contributed by atoms with Gasteiger partial charge in [-0.1, -0.05) is 31.0 Å². The van der Waals surface area contributed by atoms with Crippen molar-refractivity contribution in [3.63, 3.8) is 0 Å². The number of hydrogen-bond donors (Lipinski definition) is 3. The monoisotopic (exact) mass is 610 g/mol. The van der Waals surface area contributed by atoms with Gasteiger partial charge in [0, 0.05) is 6.20 Å². The highest BCUT2D eigenvalue weighted by molar-refractivity contribution is 7.54. The number of esters is 1. The maximum absolute atomic E-state index is 16.6. The molecule has 42 heavy (non-hydrogen) atoms. The largest absolute Gasteiger partial charge is 0.463 e. The summed E-state index contributed by atoms with van der Waals surface area (Å²) in [6.45, 7) is 2.54. The van der Waals surface area contributed by atoms with Crippen LogP contribution in [0.1, 0.15) is 36.7 Å². The zero-order valence-corrected chi connectivity index (χ0v) is 23.9. The van der Waals surface area contributed by atoms with Crippen LogP contribution in [0, 0.1) is 23.6 Å². The highest BCUT2D eigenvalue weighted by atomic mass is 31.2. The number of aliphatic hydroxyl groups excluding tert-OH is 1. The molecular weight excluding hydrogens is 577 g/mol. The minimum Gasteiger partial charge on any atom is -0.463 e. The van der Waals surface area contributed by atoms with Gasteiger partial charge in [-0.25, -0.2) is 13.3 Å². The number of nitrogens with zero attached hydrogens (tertiary/aromatic N) is 2. The van der Waals surface area contributed by atoms with Crippen LogP contribution in [0.25, 0.3) is 11.0 Å². The molecule has 0 bridgehead atoms. The SMILES string of the molecule is [2H]C([2H])(O[P@@](=O)(C[C@@H](C)C(=O)OC(C)C)Oc1ccccc1)[C@H]1O[C@@H](n2cc(F)c3c(=O)[nH]c(N)nc32)C(F)(C#CC)[C@H]1O. The summed E-state index contributed by atoms with van der Waals surface area (Å²) in [4.78, 5) is 30.8. The van der Waals surface area contributed by atoms with Crippen LogP contribution in [-0.4, -0.2) is 62.3 Å². The van der Waals surface area contributed by atoms with E-state index in [0.717, 1.165) is 0 Å². The van der Waals surface area contributed by atoms with Crippen molar-refractivity contribution in [3.8, 4) is 17.6 Å². The number of nitrogens with two attached hydrogens (primary N) is 1. The molecule has 12 nitrogen and oxygen atoms in total. The molecule has 1 aliphatic rings. The first-order valence-corrected chi connectivity index (χ1v) is 14.5. The fourth-order valence-corrected chi connectivity index (χ4v) is 6.01. The molecule has 1 aliphatic heterocycles. The van der Waals surface area contributed by atoms with Gasteiger partial charge in [-0.15, -0.1) is 5.92 Å². The van der Waals surface area contributed by atoms with Crippen LogP contribution in [0.2, 0.25) is 0 Å². The Kier molecular flexibility index (Phi) is 8.26. The zero-order chi connectivity index (χ0) is 32.6. The number of aliphatic hydroxyl groups is 1. The van der Waals surface area contributed by atoms with Crippen LogP contribution in [-0.2, 0) is 23.4 Å². The van der Waals surface area contributed by atoms with E-state index in [9.17, 15) is 23.7 Å². The smallest absolute Gasteiger partial charge is 0.380 e. The fourth-order valence-electron chi connectivity index (χ4n) is 4.30. The van der Waals surface area contributed by atoms with Crippen LogP contribution >= 0.6 is 7.60 Å². The Morgan fingerprint density at radius 1 is 1.38 bits per heavy atom. The highest BCUT2D eigenvalue weighted by Gasteiger charge is 2.58. The Labute approximate surface area is 242 Å². The molecule has 1 saturated heterocycles. The van der Waals surface area contributed by atoms with E-state index >= 15 is 4.39 Å². The number of halogens is 2. The molecule has 0 saturated carbocycles. The molecule has 1 fully saturated rings. The third-order valence-electron chi connectivity index (χ3n) is 6.12. The van der Waals surface area contributed by atoms with Crippen LogP contribution in [0.5, 0.6) is 5.75 Å². The normalized spacial score (nSPS) is 25.2. The van der Waals surface area contributed by atoms with Crippen molar-refractivity contribution >= 4 is 30.5 Å². The predicted octanol–water partition coefficient (Wildman–Crippen LogP) is 3.31. The molecule has 0 aliphatic carbocycles. The van der Waals surface area contributed by atoms with Gasteiger partial charge in [-0.05, 0) is 32.9 Å². The van der Waals surface area contributed by atoms with E-state index in [1.54, 1.807) is 32.0 Å². The average Bonchev–Trinajstić information content (AvgIpc) is 3.37. The minimum absolute atomic E-state index is 0.00156. The van der Waals surface area contributed by atoms with E-state index in [1.165, 1.54) is 26.0 Å². The number of anilines is 1. The van der Waals surface area contributed by atoms with Crippen molar-refractivity contribution in [2.24, 2.45) is 5.92 Å². The third-order valence-corrected chi connectivity index (χ3v) is 7.99. The lowest BCUT2D eigenvalue weighted by Gasteiger charge is -2.25. The molecule has 15 heteroatoms. The molecule has 2 aromatic heterocycles. The molecule has 0 spiro atoms. The Morgan fingerprint density at radius 3 is 2.71 bits per heavy atom. The number of nitrogen functional groups attached to an aromatic ring is 1. The fraction of sp³-hybridized carbons (Fsp3) is 0.444. The molecule has 3 aromatic rings. The van der Waals surface area contributed by atoms with Crippen molar-refractivity contribution in [3.05, 3.63) is 52.7 Å². The molecule has 4 N–H and O–H groups in total. The van der Waals surface area contributed by atoms with Gasteiger partial charge in [0.1, 0.15) is 23.3 Å². The van der Waals surface area contributed by atoms with Gasteiger partial charge < -0.3 is 24.8 Å². The maximum Gasteiger partial charge on any atom is 0.380 e. The zero-order valence-electron chi connectivity index (χ0n) is 25.0. The number of carbonyl (C=O) groups excluding carboxylic acids is 1. The quantitative estimate of drug-likeness (QED) is 0.176. The number of nitrogens with one attached hydrogen (secondary N) is 1. The lowest BCUT2D eigenvalue weighted by molar-refractivity contribution is -0.151. The first kappa shape index (κ1) is 28.4. The average molecular weight is 611 g/mol. The standard InChI is InChI=1S/C27H31F2N4O8P/c1-5-11-27(29)21(34)19(40-25(27)33-12-18(28)20-22(33)31-26(30)32-23(20)35)13-38-42(37,41-17-9-7-6-8-10-17)14-16(4)24(36)39-15(2)3/h6-10,12,15-16,19,21,25,34H,13-14H2,1-4H3,(H3,30,31,32,35)/t16-,19-,21+,25-,27?,42+/m1/s1/i13D2.